The summed E-state index contributed by atoms with van der Waals surface area (Å²) < 4.78 is 0. The number of carbonyl (C=O) groups is 1. The molecule has 4 heteroatoms. The van der Waals surface area contributed by atoms with Crippen LogP contribution < -0.4 is 5.32 Å². The maximum absolute atomic E-state index is 10.2. The maximum atomic E-state index is 10.2. The van der Waals surface area contributed by atoms with E-state index >= 15 is 0 Å². The third-order valence-corrected chi connectivity index (χ3v) is 2.45. The molecule has 0 amide bonds. The topological polar surface area (TPSA) is 69.6 Å². The molecule has 3 N–H and O–H groups in total. The van der Waals surface area contributed by atoms with Crippen LogP contribution in [0.5, 0.6) is 0 Å². The molecule has 0 aromatic carbocycles. The maximum Gasteiger partial charge on any atom is 0.328 e. The molecular formula is C10H19NO3. The standard InChI is InChI=1S/C10H19NO3/c1-9(2,10(3,4)14)11-7-5-6-8(12)13/h5-6,11,14H,7H2,1-4H3,(H,12,13)/b6-5+. The van der Waals surface area contributed by atoms with E-state index in [0.29, 0.717) is 6.54 Å². The zero-order valence-corrected chi connectivity index (χ0v) is 9.16. The lowest BCUT2D eigenvalue weighted by Gasteiger charge is -2.37. The molecule has 0 aromatic heterocycles. The van der Waals surface area contributed by atoms with Crippen molar-refractivity contribution in [2.45, 2.75) is 38.8 Å². The van der Waals surface area contributed by atoms with Crippen LogP contribution in [0.2, 0.25) is 0 Å². The van der Waals surface area contributed by atoms with Crippen molar-refractivity contribution in [3.8, 4) is 0 Å². The zero-order valence-electron chi connectivity index (χ0n) is 9.16. The monoisotopic (exact) mass is 201 g/mol. The average molecular weight is 201 g/mol. The molecule has 0 bridgehead atoms. The first kappa shape index (κ1) is 13.1. The quantitative estimate of drug-likeness (QED) is 0.574. The molecule has 0 rings (SSSR count). The fraction of sp³-hybridized carbons (Fsp3) is 0.700. The Morgan fingerprint density at radius 3 is 2.21 bits per heavy atom. The number of carboxylic acid groups (broad SMARTS) is 1. The van der Waals surface area contributed by atoms with Crippen LogP contribution in [0.3, 0.4) is 0 Å². The fourth-order valence-electron chi connectivity index (χ4n) is 0.690. The lowest BCUT2D eigenvalue weighted by Crippen LogP contribution is -2.55. The molecule has 0 fully saturated rings. The van der Waals surface area contributed by atoms with Gasteiger partial charge in [0.25, 0.3) is 0 Å². The second-order valence-electron chi connectivity index (χ2n) is 4.31. The minimum atomic E-state index is -0.965. The van der Waals surface area contributed by atoms with Crippen molar-refractivity contribution in [3.63, 3.8) is 0 Å². The van der Waals surface area contributed by atoms with Crippen molar-refractivity contribution in [1.29, 1.82) is 0 Å². The Morgan fingerprint density at radius 2 is 1.86 bits per heavy atom. The first-order chi connectivity index (χ1) is 6.17. The summed E-state index contributed by atoms with van der Waals surface area (Å²) >= 11 is 0. The van der Waals surface area contributed by atoms with Crippen molar-refractivity contribution in [1.82, 2.24) is 5.32 Å². The van der Waals surface area contributed by atoms with E-state index in [9.17, 15) is 9.90 Å². The van der Waals surface area contributed by atoms with Crippen LogP contribution in [0.15, 0.2) is 12.2 Å². The van der Waals surface area contributed by atoms with E-state index in [4.69, 9.17) is 5.11 Å². The lowest BCUT2D eigenvalue weighted by molar-refractivity contribution is -0.131. The smallest absolute Gasteiger partial charge is 0.328 e. The lowest BCUT2D eigenvalue weighted by atomic mass is 9.86. The van der Waals surface area contributed by atoms with Crippen molar-refractivity contribution in [2.24, 2.45) is 0 Å². The number of aliphatic hydroxyl groups is 1. The van der Waals surface area contributed by atoms with E-state index in [1.165, 1.54) is 6.08 Å². The van der Waals surface area contributed by atoms with E-state index in [0.717, 1.165) is 6.08 Å². The van der Waals surface area contributed by atoms with Gasteiger partial charge in [-0.25, -0.2) is 4.79 Å². The Balaban J connectivity index is 4.07. The van der Waals surface area contributed by atoms with E-state index in [1.807, 2.05) is 13.8 Å². The van der Waals surface area contributed by atoms with Gasteiger partial charge in [0.05, 0.1) is 5.60 Å². The first-order valence-corrected chi connectivity index (χ1v) is 4.54. The molecule has 0 aromatic rings. The molecule has 4 nitrogen and oxygen atoms in total. The van der Waals surface area contributed by atoms with Gasteiger partial charge in [-0.1, -0.05) is 6.08 Å². The predicted molar refractivity (Wildman–Crippen MR) is 55.2 cm³/mol. The largest absolute Gasteiger partial charge is 0.478 e. The van der Waals surface area contributed by atoms with Crippen LogP contribution in [-0.4, -0.2) is 33.9 Å². The number of aliphatic carboxylic acids is 1. The molecule has 0 atom stereocenters. The zero-order chi connectivity index (χ0) is 11.4. The summed E-state index contributed by atoms with van der Waals surface area (Å²) in [6.45, 7) is 7.56. The number of hydrogen-bond acceptors (Lipinski definition) is 3. The summed E-state index contributed by atoms with van der Waals surface area (Å²) in [6, 6.07) is 0. The molecule has 14 heavy (non-hydrogen) atoms. The Morgan fingerprint density at radius 1 is 1.36 bits per heavy atom. The molecule has 0 aliphatic heterocycles. The Labute approximate surface area is 84.6 Å². The van der Waals surface area contributed by atoms with Gasteiger partial charge in [0.15, 0.2) is 0 Å². The third-order valence-electron chi connectivity index (χ3n) is 2.45. The van der Waals surface area contributed by atoms with Crippen molar-refractivity contribution in [2.75, 3.05) is 6.54 Å². The van der Waals surface area contributed by atoms with E-state index < -0.39 is 17.1 Å². The van der Waals surface area contributed by atoms with Gasteiger partial charge >= 0.3 is 5.97 Å². The molecule has 0 aliphatic rings. The molecule has 0 spiro atoms. The highest BCUT2D eigenvalue weighted by Crippen LogP contribution is 2.19. The molecular weight excluding hydrogens is 182 g/mol. The summed E-state index contributed by atoms with van der Waals surface area (Å²) in [5.41, 5.74) is -1.32. The van der Waals surface area contributed by atoms with Crippen LogP contribution >= 0.6 is 0 Å². The Kier molecular flexibility index (Phi) is 4.29. The SMILES string of the molecule is CC(C)(O)C(C)(C)NC/C=C/C(=O)O. The van der Waals surface area contributed by atoms with E-state index in [2.05, 4.69) is 5.32 Å². The highest BCUT2D eigenvalue weighted by atomic mass is 16.4. The van der Waals surface area contributed by atoms with Crippen LogP contribution in [-0.2, 0) is 4.79 Å². The molecule has 0 unspecified atom stereocenters. The minimum Gasteiger partial charge on any atom is -0.478 e. The van der Waals surface area contributed by atoms with Crippen molar-refractivity contribution in [3.05, 3.63) is 12.2 Å². The summed E-state index contributed by atoms with van der Waals surface area (Å²) in [4.78, 5) is 10.2. The normalized spacial score (nSPS) is 13.5. The van der Waals surface area contributed by atoms with Gasteiger partial charge < -0.3 is 15.5 Å². The molecule has 0 saturated carbocycles. The Bertz CT molecular complexity index is 226. The van der Waals surface area contributed by atoms with Gasteiger partial charge in [-0.15, -0.1) is 0 Å². The van der Waals surface area contributed by atoms with Crippen LogP contribution in [0, 0.1) is 0 Å². The predicted octanol–water partition coefficient (Wildman–Crippen LogP) is 0.766. The van der Waals surface area contributed by atoms with Gasteiger partial charge in [0, 0.05) is 18.2 Å². The summed E-state index contributed by atoms with van der Waals surface area (Å²) in [5.74, 6) is -0.965. The van der Waals surface area contributed by atoms with Crippen LogP contribution in [0.25, 0.3) is 0 Å². The van der Waals surface area contributed by atoms with E-state index in [1.54, 1.807) is 13.8 Å². The van der Waals surface area contributed by atoms with Gasteiger partial charge in [-0.3, -0.25) is 0 Å². The number of hydrogen-bond donors (Lipinski definition) is 3. The fourth-order valence-corrected chi connectivity index (χ4v) is 0.690. The summed E-state index contributed by atoms with van der Waals surface area (Å²) in [5, 5.41) is 21.1. The van der Waals surface area contributed by atoms with Crippen molar-refractivity contribution < 1.29 is 15.0 Å². The van der Waals surface area contributed by atoms with Gasteiger partial charge in [0.2, 0.25) is 0 Å². The number of rotatable bonds is 5. The second kappa shape index (κ2) is 4.57. The van der Waals surface area contributed by atoms with Crippen molar-refractivity contribution >= 4 is 5.97 Å². The molecule has 0 saturated heterocycles. The highest BCUT2D eigenvalue weighted by molar-refractivity contribution is 5.79. The molecule has 0 aliphatic carbocycles. The van der Waals surface area contributed by atoms with Gasteiger partial charge in [-0.05, 0) is 27.7 Å². The molecule has 0 radical (unpaired) electrons. The van der Waals surface area contributed by atoms with Crippen LogP contribution in [0.4, 0.5) is 0 Å². The molecule has 82 valence electrons. The second-order valence-corrected chi connectivity index (χ2v) is 4.31. The first-order valence-electron chi connectivity index (χ1n) is 4.54. The summed E-state index contributed by atoms with van der Waals surface area (Å²) in [6.07, 6.45) is 2.59. The number of carboxylic acids is 1. The van der Waals surface area contributed by atoms with Crippen LogP contribution in [0.1, 0.15) is 27.7 Å². The Hall–Kier alpha value is -0.870. The van der Waals surface area contributed by atoms with E-state index in [-0.39, 0.29) is 0 Å². The third kappa shape index (κ3) is 4.39. The van der Waals surface area contributed by atoms with Gasteiger partial charge in [-0.2, -0.15) is 0 Å². The molecule has 0 heterocycles. The van der Waals surface area contributed by atoms with Gasteiger partial charge in [0.1, 0.15) is 0 Å². The number of nitrogens with one attached hydrogen (secondary N) is 1. The summed E-state index contributed by atoms with van der Waals surface area (Å²) in [7, 11) is 0. The average Bonchev–Trinajstić information content (AvgIpc) is 1.95. The minimum absolute atomic E-state index is 0.420. The highest BCUT2D eigenvalue weighted by Gasteiger charge is 2.33.